The first-order valence-electron chi connectivity index (χ1n) is 5.66. The molecule has 3 heterocycles. The van der Waals surface area contributed by atoms with Gasteiger partial charge in [0.15, 0.2) is 5.65 Å². The van der Waals surface area contributed by atoms with Crippen LogP contribution in [0.25, 0.3) is 5.65 Å². The van der Waals surface area contributed by atoms with Gasteiger partial charge in [0, 0.05) is 12.6 Å². The Morgan fingerprint density at radius 1 is 1.33 bits per heavy atom. The Morgan fingerprint density at radius 3 is 2.72 bits per heavy atom. The topological polar surface area (TPSA) is 42.2 Å². The minimum absolute atomic E-state index is 0.118. The van der Waals surface area contributed by atoms with Gasteiger partial charge in [0.2, 0.25) is 0 Å². The zero-order valence-corrected chi connectivity index (χ0v) is 9.41. The second-order valence-electron chi connectivity index (χ2n) is 4.46. The zero-order valence-electron chi connectivity index (χ0n) is 9.41. The Hall–Kier alpha value is -1.63. The molecule has 0 aliphatic carbocycles. The van der Waals surface area contributed by atoms with Crippen LogP contribution in [-0.4, -0.2) is 27.7 Å². The van der Waals surface area contributed by atoms with E-state index in [9.17, 15) is 13.2 Å². The number of alkyl halides is 3. The highest BCUT2D eigenvalue weighted by Gasteiger charge is 2.34. The molecule has 96 valence electrons. The van der Waals surface area contributed by atoms with Gasteiger partial charge in [0.25, 0.3) is 0 Å². The maximum absolute atomic E-state index is 12.8. The summed E-state index contributed by atoms with van der Waals surface area (Å²) in [5.74, 6) is 1.02. The van der Waals surface area contributed by atoms with Crippen LogP contribution in [0.1, 0.15) is 11.4 Å². The van der Waals surface area contributed by atoms with Crippen LogP contribution in [0.5, 0.6) is 0 Å². The van der Waals surface area contributed by atoms with Crippen molar-refractivity contribution in [1.29, 1.82) is 0 Å². The Balaban J connectivity index is 2.03. The molecule has 1 aliphatic rings. The molecule has 0 amide bonds. The van der Waals surface area contributed by atoms with E-state index >= 15 is 0 Å². The SMILES string of the molecule is FC(F)(F)c1cccn2c(CC3CNC3)nnc12. The van der Waals surface area contributed by atoms with Gasteiger partial charge in [-0.05, 0) is 31.1 Å². The molecule has 7 heteroatoms. The van der Waals surface area contributed by atoms with Gasteiger partial charge < -0.3 is 5.32 Å². The standard InChI is InChI=1S/C11H11F3N4/c12-11(13,14)8-2-1-3-18-9(16-17-10(8)18)4-7-5-15-6-7/h1-3,7,15H,4-6H2. The largest absolute Gasteiger partial charge is 0.420 e. The molecule has 0 radical (unpaired) electrons. The van der Waals surface area contributed by atoms with E-state index in [0.29, 0.717) is 18.2 Å². The lowest BCUT2D eigenvalue weighted by Gasteiger charge is -2.26. The van der Waals surface area contributed by atoms with Gasteiger partial charge in [0.05, 0.1) is 0 Å². The van der Waals surface area contributed by atoms with Crippen molar-refractivity contribution in [3.63, 3.8) is 0 Å². The quantitative estimate of drug-likeness (QED) is 0.885. The Labute approximate surface area is 101 Å². The fourth-order valence-corrected chi connectivity index (χ4v) is 2.08. The van der Waals surface area contributed by atoms with E-state index in [2.05, 4.69) is 15.5 Å². The molecular formula is C11H11F3N4. The fourth-order valence-electron chi connectivity index (χ4n) is 2.08. The van der Waals surface area contributed by atoms with Crippen LogP contribution in [0.2, 0.25) is 0 Å². The van der Waals surface area contributed by atoms with E-state index in [0.717, 1.165) is 19.2 Å². The second-order valence-corrected chi connectivity index (χ2v) is 4.46. The number of fused-ring (bicyclic) bond motifs is 1. The molecule has 0 atom stereocenters. The summed E-state index contributed by atoms with van der Waals surface area (Å²) in [5, 5.41) is 10.7. The Kier molecular flexibility index (Phi) is 2.51. The van der Waals surface area contributed by atoms with Crippen LogP contribution >= 0.6 is 0 Å². The Morgan fingerprint density at radius 2 is 2.11 bits per heavy atom. The highest BCUT2D eigenvalue weighted by Crippen LogP contribution is 2.31. The monoisotopic (exact) mass is 256 g/mol. The summed E-state index contributed by atoms with van der Waals surface area (Å²) in [4.78, 5) is 0. The van der Waals surface area contributed by atoms with Crippen molar-refractivity contribution >= 4 is 5.65 Å². The number of halogens is 3. The van der Waals surface area contributed by atoms with Gasteiger partial charge >= 0.3 is 6.18 Å². The van der Waals surface area contributed by atoms with Gasteiger partial charge in [0.1, 0.15) is 11.4 Å². The average Bonchev–Trinajstić information content (AvgIpc) is 2.65. The van der Waals surface area contributed by atoms with Crippen LogP contribution in [0, 0.1) is 5.92 Å². The number of hydrogen-bond acceptors (Lipinski definition) is 3. The second kappa shape index (κ2) is 3.94. The fraction of sp³-hybridized carbons (Fsp3) is 0.455. The van der Waals surface area contributed by atoms with Gasteiger partial charge in [-0.1, -0.05) is 0 Å². The van der Waals surface area contributed by atoms with Gasteiger partial charge in [-0.15, -0.1) is 10.2 Å². The van der Waals surface area contributed by atoms with E-state index in [-0.39, 0.29) is 5.65 Å². The molecular weight excluding hydrogens is 245 g/mol. The first-order chi connectivity index (χ1) is 8.55. The minimum atomic E-state index is -4.40. The minimum Gasteiger partial charge on any atom is -0.316 e. The molecule has 0 aromatic carbocycles. The summed E-state index contributed by atoms with van der Waals surface area (Å²) in [7, 11) is 0. The molecule has 0 bridgehead atoms. The summed E-state index contributed by atoms with van der Waals surface area (Å²) in [6.07, 6.45) is -2.17. The number of pyridine rings is 1. The molecule has 0 spiro atoms. The van der Waals surface area contributed by atoms with Gasteiger partial charge in [-0.2, -0.15) is 13.2 Å². The maximum atomic E-state index is 12.8. The third-order valence-corrected chi connectivity index (χ3v) is 3.15. The number of rotatable bonds is 2. The number of hydrogen-bond donors (Lipinski definition) is 1. The molecule has 0 saturated carbocycles. The number of aromatic nitrogens is 3. The van der Waals surface area contributed by atoms with Crippen molar-refractivity contribution in [2.75, 3.05) is 13.1 Å². The summed E-state index contributed by atoms with van der Waals surface area (Å²) >= 11 is 0. The first-order valence-corrected chi connectivity index (χ1v) is 5.66. The summed E-state index contributed by atoms with van der Waals surface area (Å²) in [6.45, 7) is 1.77. The predicted octanol–water partition coefficient (Wildman–Crippen LogP) is 1.51. The molecule has 1 saturated heterocycles. The average molecular weight is 256 g/mol. The zero-order chi connectivity index (χ0) is 12.8. The van der Waals surface area contributed by atoms with Crippen molar-refractivity contribution < 1.29 is 13.2 Å². The number of nitrogens with zero attached hydrogens (tertiary/aromatic N) is 3. The summed E-state index contributed by atoms with van der Waals surface area (Å²) < 4.78 is 39.8. The molecule has 1 aliphatic heterocycles. The van der Waals surface area contributed by atoms with E-state index in [4.69, 9.17) is 0 Å². The van der Waals surface area contributed by atoms with Crippen molar-refractivity contribution in [2.24, 2.45) is 5.92 Å². The highest BCUT2D eigenvalue weighted by molar-refractivity contribution is 5.49. The van der Waals surface area contributed by atoms with Crippen molar-refractivity contribution in [1.82, 2.24) is 19.9 Å². The molecule has 2 aromatic heterocycles. The summed E-state index contributed by atoms with van der Waals surface area (Å²) in [6, 6.07) is 2.40. The molecule has 18 heavy (non-hydrogen) atoms. The van der Waals surface area contributed by atoms with Crippen LogP contribution < -0.4 is 5.32 Å². The van der Waals surface area contributed by atoms with E-state index < -0.39 is 11.7 Å². The van der Waals surface area contributed by atoms with E-state index in [1.807, 2.05) is 0 Å². The van der Waals surface area contributed by atoms with Gasteiger partial charge in [-0.3, -0.25) is 4.40 Å². The maximum Gasteiger partial charge on any atom is 0.420 e. The molecule has 4 nitrogen and oxygen atoms in total. The molecule has 1 fully saturated rings. The molecule has 3 rings (SSSR count). The number of nitrogens with one attached hydrogen (secondary N) is 1. The van der Waals surface area contributed by atoms with Crippen molar-refractivity contribution in [3.05, 3.63) is 29.7 Å². The smallest absolute Gasteiger partial charge is 0.316 e. The van der Waals surface area contributed by atoms with E-state index in [1.165, 1.54) is 10.5 Å². The third-order valence-electron chi connectivity index (χ3n) is 3.15. The lowest BCUT2D eigenvalue weighted by Crippen LogP contribution is -2.43. The normalized spacial score (nSPS) is 17.1. The van der Waals surface area contributed by atoms with Crippen LogP contribution in [0.3, 0.4) is 0 Å². The Bertz CT molecular complexity index is 571. The predicted molar refractivity (Wildman–Crippen MR) is 58.1 cm³/mol. The van der Waals surface area contributed by atoms with Gasteiger partial charge in [-0.25, -0.2) is 0 Å². The first kappa shape index (κ1) is 11.5. The lowest BCUT2D eigenvalue weighted by molar-refractivity contribution is -0.136. The van der Waals surface area contributed by atoms with Crippen LogP contribution in [-0.2, 0) is 12.6 Å². The van der Waals surface area contributed by atoms with Crippen LogP contribution in [0.4, 0.5) is 13.2 Å². The molecule has 2 aromatic rings. The molecule has 1 N–H and O–H groups in total. The van der Waals surface area contributed by atoms with Crippen molar-refractivity contribution in [2.45, 2.75) is 12.6 Å². The van der Waals surface area contributed by atoms with Crippen LogP contribution in [0.15, 0.2) is 18.3 Å². The lowest BCUT2D eigenvalue weighted by atomic mass is 9.99. The molecule has 0 unspecified atom stereocenters. The third kappa shape index (κ3) is 1.84. The van der Waals surface area contributed by atoms with Crippen molar-refractivity contribution in [3.8, 4) is 0 Å². The summed E-state index contributed by atoms with van der Waals surface area (Å²) in [5.41, 5.74) is -0.859. The highest BCUT2D eigenvalue weighted by atomic mass is 19.4. The van der Waals surface area contributed by atoms with E-state index in [1.54, 1.807) is 6.20 Å².